The molecular weight excluding hydrogens is 284 g/mol. The zero-order valence-corrected chi connectivity index (χ0v) is 14.4. The van der Waals surface area contributed by atoms with Gasteiger partial charge in [0.2, 0.25) is 10.0 Å². The number of nitrogens with two attached hydrogens (primary N) is 1. The van der Waals surface area contributed by atoms with E-state index in [9.17, 15) is 8.42 Å². The first-order valence-corrected chi connectivity index (χ1v) is 9.10. The fourth-order valence-electron chi connectivity index (χ4n) is 2.35. The van der Waals surface area contributed by atoms with Crippen molar-refractivity contribution in [3.63, 3.8) is 0 Å². The molecule has 0 saturated carbocycles. The summed E-state index contributed by atoms with van der Waals surface area (Å²) >= 11 is 0. The summed E-state index contributed by atoms with van der Waals surface area (Å²) in [4.78, 5) is 0.385. The molecule has 4 nitrogen and oxygen atoms in total. The summed E-state index contributed by atoms with van der Waals surface area (Å²) in [5, 5.41) is 0. The van der Waals surface area contributed by atoms with Crippen LogP contribution in [-0.4, -0.2) is 25.3 Å². The Morgan fingerprint density at radius 3 is 2.43 bits per heavy atom. The number of nitrogens with zero attached hydrogens (tertiary/aromatic N) is 1. The number of aryl methyl sites for hydroxylation is 1. The standard InChI is InChI=1S/C16H28N2O2S/c1-5-6-7-10-18(13(2)3)21(19,20)16-11-15(12-17)9-8-14(16)4/h8-9,11,13H,5-7,10,12,17H2,1-4H3. The molecule has 0 heterocycles. The van der Waals surface area contributed by atoms with Gasteiger partial charge in [0.1, 0.15) is 0 Å². The Kier molecular flexibility index (Phi) is 6.84. The van der Waals surface area contributed by atoms with Crippen LogP contribution in [0.5, 0.6) is 0 Å². The van der Waals surface area contributed by atoms with Crippen LogP contribution in [0.25, 0.3) is 0 Å². The Balaban J connectivity index is 3.16. The van der Waals surface area contributed by atoms with E-state index < -0.39 is 10.0 Å². The summed E-state index contributed by atoms with van der Waals surface area (Å²) in [5.41, 5.74) is 7.25. The zero-order chi connectivity index (χ0) is 16.0. The van der Waals surface area contributed by atoms with Gasteiger partial charge < -0.3 is 5.73 Å². The summed E-state index contributed by atoms with van der Waals surface area (Å²) in [5.74, 6) is 0. The third-order valence-corrected chi connectivity index (χ3v) is 5.85. The second-order valence-electron chi connectivity index (χ2n) is 5.72. The monoisotopic (exact) mass is 312 g/mol. The fraction of sp³-hybridized carbons (Fsp3) is 0.625. The number of benzene rings is 1. The van der Waals surface area contributed by atoms with Crippen LogP contribution in [0, 0.1) is 6.92 Å². The lowest BCUT2D eigenvalue weighted by atomic mass is 10.1. The molecule has 1 aromatic carbocycles. The fourth-order valence-corrected chi connectivity index (χ4v) is 4.30. The van der Waals surface area contributed by atoms with Gasteiger partial charge in [0, 0.05) is 19.1 Å². The van der Waals surface area contributed by atoms with Crippen LogP contribution in [0.3, 0.4) is 0 Å². The summed E-state index contributed by atoms with van der Waals surface area (Å²) in [6.07, 6.45) is 3.01. The molecule has 0 unspecified atom stereocenters. The summed E-state index contributed by atoms with van der Waals surface area (Å²) in [6.45, 7) is 8.71. The lowest BCUT2D eigenvalue weighted by Gasteiger charge is -2.27. The average Bonchev–Trinajstić information content (AvgIpc) is 2.43. The van der Waals surface area contributed by atoms with Crippen molar-refractivity contribution >= 4 is 10.0 Å². The second kappa shape index (κ2) is 7.92. The highest BCUT2D eigenvalue weighted by atomic mass is 32.2. The van der Waals surface area contributed by atoms with E-state index in [2.05, 4.69) is 6.92 Å². The van der Waals surface area contributed by atoms with E-state index in [4.69, 9.17) is 5.73 Å². The Hall–Kier alpha value is -0.910. The van der Waals surface area contributed by atoms with Gasteiger partial charge >= 0.3 is 0 Å². The van der Waals surface area contributed by atoms with Crippen LogP contribution in [0.15, 0.2) is 23.1 Å². The van der Waals surface area contributed by atoms with Crippen molar-refractivity contribution in [2.75, 3.05) is 6.54 Å². The summed E-state index contributed by atoms with van der Waals surface area (Å²) in [7, 11) is -3.47. The van der Waals surface area contributed by atoms with Gasteiger partial charge in [-0.3, -0.25) is 0 Å². The van der Waals surface area contributed by atoms with Crippen molar-refractivity contribution in [2.45, 2.75) is 64.4 Å². The molecule has 5 heteroatoms. The van der Waals surface area contributed by atoms with Gasteiger partial charge in [-0.15, -0.1) is 0 Å². The van der Waals surface area contributed by atoms with Gasteiger partial charge in [-0.25, -0.2) is 8.42 Å². The van der Waals surface area contributed by atoms with Crippen LogP contribution in [0.2, 0.25) is 0 Å². The molecule has 1 rings (SSSR count). The van der Waals surface area contributed by atoms with Crippen LogP contribution >= 0.6 is 0 Å². The van der Waals surface area contributed by atoms with Crippen molar-refractivity contribution in [3.8, 4) is 0 Å². The number of unbranched alkanes of at least 4 members (excludes halogenated alkanes) is 2. The molecule has 120 valence electrons. The number of sulfonamides is 1. The average molecular weight is 312 g/mol. The maximum absolute atomic E-state index is 12.9. The third-order valence-electron chi connectivity index (χ3n) is 3.63. The molecule has 0 radical (unpaired) electrons. The zero-order valence-electron chi connectivity index (χ0n) is 13.6. The Labute approximate surface area is 129 Å². The molecule has 0 spiro atoms. The minimum absolute atomic E-state index is 0.0483. The maximum Gasteiger partial charge on any atom is 0.243 e. The normalized spacial score (nSPS) is 12.3. The molecule has 0 aliphatic carbocycles. The van der Waals surface area contributed by atoms with E-state index in [0.717, 1.165) is 30.4 Å². The van der Waals surface area contributed by atoms with E-state index in [-0.39, 0.29) is 6.04 Å². The van der Waals surface area contributed by atoms with E-state index in [1.54, 1.807) is 10.4 Å². The smallest absolute Gasteiger partial charge is 0.243 e. The van der Waals surface area contributed by atoms with E-state index in [0.29, 0.717) is 18.0 Å². The van der Waals surface area contributed by atoms with E-state index >= 15 is 0 Å². The van der Waals surface area contributed by atoms with Gasteiger partial charge in [-0.05, 0) is 44.4 Å². The molecule has 0 aliphatic rings. The van der Waals surface area contributed by atoms with Crippen molar-refractivity contribution in [3.05, 3.63) is 29.3 Å². The predicted octanol–water partition coefficient (Wildman–Crippen LogP) is 3.04. The number of hydrogen-bond donors (Lipinski definition) is 1. The number of hydrogen-bond acceptors (Lipinski definition) is 3. The topological polar surface area (TPSA) is 63.4 Å². The van der Waals surface area contributed by atoms with Crippen molar-refractivity contribution < 1.29 is 8.42 Å². The van der Waals surface area contributed by atoms with Gasteiger partial charge in [0.25, 0.3) is 0 Å². The molecule has 0 saturated heterocycles. The minimum Gasteiger partial charge on any atom is -0.326 e. The molecule has 0 fully saturated rings. The van der Waals surface area contributed by atoms with Crippen molar-refractivity contribution in [1.29, 1.82) is 0 Å². The second-order valence-corrected chi connectivity index (χ2v) is 7.58. The Bertz CT molecular complexity index is 553. The van der Waals surface area contributed by atoms with Gasteiger partial charge in [-0.2, -0.15) is 4.31 Å². The lowest BCUT2D eigenvalue weighted by molar-refractivity contribution is 0.345. The first-order chi connectivity index (χ1) is 9.84. The molecule has 0 aromatic heterocycles. The molecule has 0 aliphatic heterocycles. The Morgan fingerprint density at radius 1 is 1.24 bits per heavy atom. The van der Waals surface area contributed by atoms with Gasteiger partial charge in [0.05, 0.1) is 4.90 Å². The van der Waals surface area contributed by atoms with Gasteiger partial charge in [0.15, 0.2) is 0 Å². The lowest BCUT2D eigenvalue weighted by Crippen LogP contribution is -2.38. The highest BCUT2D eigenvalue weighted by Crippen LogP contribution is 2.23. The third kappa shape index (κ3) is 4.53. The highest BCUT2D eigenvalue weighted by molar-refractivity contribution is 7.89. The SMILES string of the molecule is CCCCCN(C(C)C)S(=O)(=O)c1cc(CN)ccc1C. The van der Waals surface area contributed by atoms with Crippen LogP contribution < -0.4 is 5.73 Å². The predicted molar refractivity (Wildman–Crippen MR) is 87.6 cm³/mol. The van der Waals surface area contributed by atoms with Gasteiger partial charge in [-0.1, -0.05) is 31.9 Å². The molecule has 0 amide bonds. The summed E-state index contributed by atoms with van der Waals surface area (Å²) < 4.78 is 27.5. The van der Waals surface area contributed by atoms with Crippen LogP contribution in [0.1, 0.15) is 51.2 Å². The molecule has 0 bridgehead atoms. The minimum atomic E-state index is -3.47. The maximum atomic E-state index is 12.9. The summed E-state index contributed by atoms with van der Waals surface area (Å²) in [6, 6.07) is 5.37. The molecule has 21 heavy (non-hydrogen) atoms. The largest absolute Gasteiger partial charge is 0.326 e. The van der Waals surface area contributed by atoms with Crippen LogP contribution in [-0.2, 0) is 16.6 Å². The first-order valence-electron chi connectivity index (χ1n) is 7.66. The molecular formula is C16H28N2O2S. The van der Waals surface area contributed by atoms with E-state index in [1.807, 2.05) is 32.9 Å². The molecule has 2 N–H and O–H groups in total. The molecule has 0 atom stereocenters. The van der Waals surface area contributed by atoms with Crippen LogP contribution in [0.4, 0.5) is 0 Å². The number of rotatable bonds is 8. The highest BCUT2D eigenvalue weighted by Gasteiger charge is 2.28. The quantitative estimate of drug-likeness (QED) is 0.750. The van der Waals surface area contributed by atoms with E-state index in [1.165, 1.54) is 0 Å². The van der Waals surface area contributed by atoms with Crippen molar-refractivity contribution in [2.24, 2.45) is 5.73 Å². The molecule has 1 aromatic rings. The Morgan fingerprint density at radius 2 is 1.90 bits per heavy atom. The first kappa shape index (κ1) is 18.1. The van der Waals surface area contributed by atoms with Crippen molar-refractivity contribution in [1.82, 2.24) is 4.31 Å².